The number of hydrogen-bond donors (Lipinski definition) is 2. The Morgan fingerprint density at radius 2 is 1.71 bits per heavy atom. The zero-order valence-electron chi connectivity index (χ0n) is 10.7. The lowest BCUT2D eigenvalue weighted by Crippen LogP contribution is -2.52. The number of carboxylic acids is 2. The zero-order valence-corrected chi connectivity index (χ0v) is 10.7. The fourth-order valence-corrected chi connectivity index (χ4v) is 3.06. The fourth-order valence-electron chi connectivity index (χ4n) is 3.06. The van der Waals surface area contributed by atoms with Gasteiger partial charge >= 0.3 is 11.9 Å². The van der Waals surface area contributed by atoms with Gasteiger partial charge in [-0.15, -0.1) is 0 Å². The maximum absolute atomic E-state index is 11.6. The molecule has 0 amide bonds. The first-order chi connectivity index (χ1) is 7.90. The Kier molecular flexibility index (Phi) is 4.17. The number of carbonyl (C=O) groups is 2. The SMILES string of the molecule is CCCCC1(C(=O)O)CCCCC1(C)C(=O)O. The van der Waals surface area contributed by atoms with Crippen LogP contribution in [-0.4, -0.2) is 22.2 Å². The van der Waals surface area contributed by atoms with E-state index in [0.29, 0.717) is 19.3 Å². The van der Waals surface area contributed by atoms with Gasteiger partial charge in [-0.05, 0) is 26.2 Å². The third-order valence-electron chi connectivity index (χ3n) is 4.43. The highest BCUT2D eigenvalue weighted by atomic mass is 16.4. The van der Waals surface area contributed by atoms with Gasteiger partial charge in [0.1, 0.15) is 0 Å². The van der Waals surface area contributed by atoms with Crippen LogP contribution in [0.2, 0.25) is 0 Å². The number of rotatable bonds is 5. The maximum Gasteiger partial charge on any atom is 0.310 e. The standard InChI is InChI=1S/C13H22O4/c1-3-4-8-13(11(16)17)9-6-5-7-12(13,2)10(14)15/h3-9H2,1-2H3,(H,14,15)(H,16,17). The van der Waals surface area contributed by atoms with Crippen LogP contribution in [0.5, 0.6) is 0 Å². The molecule has 0 saturated heterocycles. The molecule has 1 saturated carbocycles. The van der Waals surface area contributed by atoms with E-state index >= 15 is 0 Å². The molecule has 4 nitrogen and oxygen atoms in total. The summed E-state index contributed by atoms with van der Waals surface area (Å²) in [5.41, 5.74) is -2.20. The van der Waals surface area contributed by atoms with Crippen molar-refractivity contribution >= 4 is 11.9 Å². The van der Waals surface area contributed by atoms with Crippen LogP contribution in [0.25, 0.3) is 0 Å². The van der Waals surface area contributed by atoms with Gasteiger partial charge in [0.25, 0.3) is 0 Å². The molecule has 2 unspecified atom stereocenters. The Morgan fingerprint density at radius 3 is 2.18 bits per heavy atom. The third kappa shape index (κ3) is 2.17. The Balaban J connectivity index is 3.13. The molecule has 0 heterocycles. The molecule has 0 bridgehead atoms. The van der Waals surface area contributed by atoms with Crippen molar-refractivity contribution in [1.29, 1.82) is 0 Å². The molecule has 98 valence electrons. The van der Waals surface area contributed by atoms with Gasteiger partial charge < -0.3 is 10.2 Å². The second-order valence-corrected chi connectivity index (χ2v) is 5.34. The monoisotopic (exact) mass is 242 g/mol. The van der Waals surface area contributed by atoms with Gasteiger partial charge in [0.15, 0.2) is 0 Å². The molecule has 4 heteroatoms. The van der Waals surface area contributed by atoms with Crippen LogP contribution >= 0.6 is 0 Å². The second kappa shape index (κ2) is 5.07. The van der Waals surface area contributed by atoms with Crippen molar-refractivity contribution < 1.29 is 19.8 Å². The topological polar surface area (TPSA) is 74.6 Å². The molecule has 1 aliphatic carbocycles. The largest absolute Gasteiger partial charge is 0.481 e. The normalized spacial score (nSPS) is 33.3. The molecule has 0 aliphatic heterocycles. The van der Waals surface area contributed by atoms with E-state index in [1.807, 2.05) is 6.92 Å². The average Bonchev–Trinajstić information content (AvgIpc) is 2.27. The van der Waals surface area contributed by atoms with E-state index in [1.54, 1.807) is 6.92 Å². The van der Waals surface area contributed by atoms with Crippen molar-refractivity contribution in [1.82, 2.24) is 0 Å². The summed E-state index contributed by atoms with van der Waals surface area (Å²) in [6, 6.07) is 0. The predicted octanol–water partition coefficient (Wildman–Crippen LogP) is 2.91. The fraction of sp³-hybridized carbons (Fsp3) is 0.846. The summed E-state index contributed by atoms with van der Waals surface area (Å²) in [6.45, 7) is 3.61. The molecule has 1 rings (SSSR count). The lowest BCUT2D eigenvalue weighted by atomic mass is 9.55. The minimum atomic E-state index is -1.12. The van der Waals surface area contributed by atoms with Gasteiger partial charge in [0.05, 0.1) is 10.8 Å². The van der Waals surface area contributed by atoms with E-state index in [0.717, 1.165) is 25.7 Å². The van der Waals surface area contributed by atoms with Crippen LogP contribution in [0.15, 0.2) is 0 Å². The van der Waals surface area contributed by atoms with Crippen molar-refractivity contribution in [3.05, 3.63) is 0 Å². The highest BCUT2D eigenvalue weighted by Crippen LogP contribution is 2.53. The first kappa shape index (κ1) is 14.0. The van der Waals surface area contributed by atoms with Gasteiger partial charge in [-0.25, -0.2) is 0 Å². The number of aliphatic carboxylic acids is 2. The first-order valence-electron chi connectivity index (χ1n) is 6.37. The lowest BCUT2D eigenvalue weighted by molar-refractivity contribution is -0.179. The van der Waals surface area contributed by atoms with Gasteiger partial charge in [-0.3, -0.25) is 9.59 Å². The lowest BCUT2D eigenvalue weighted by Gasteiger charge is -2.46. The number of hydrogen-bond acceptors (Lipinski definition) is 2. The van der Waals surface area contributed by atoms with Crippen LogP contribution in [0, 0.1) is 10.8 Å². The summed E-state index contributed by atoms with van der Waals surface area (Å²) < 4.78 is 0. The molecule has 0 aromatic carbocycles. The Bertz CT molecular complexity index is 313. The Labute approximate surface area is 102 Å². The molecule has 0 aromatic heterocycles. The molecular formula is C13H22O4. The molecule has 0 radical (unpaired) electrons. The van der Waals surface area contributed by atoms with E-state index in [-0.39, 0.29) is 0 Å². The smallest absolute Gasteiger partial charge is 0.310 e. The number of carboxylic acid groups (broad SMARTS) is 2. The van der Waals surface area contributed by atoms with Crippen LogP contribution < -0.4 is 0 Å². The van der Waals surface area contributed by atoms with Crippen molar-refractivity contribution in [2.75, 3.05) is 0 Å². The van der Waals surface area contributed by atoms with Gasteiger partial charge in [0.2, 0.25) is 0 Å². The maximum atomic E-state index is 11.6. The van der Waals surface area contributed by atoms with Gasteiger partial charge in [-0.1, -0.05) is 32.6 Å². The summed E-state index contributed by atoms with van der Waals surface area (Å²) >= 11 is 0. The predicted molar refractivity (Wildman–Crippen MR) is 63.8 cm³/mol. The van der Waals surface area contributed by atoms with Crippen LogP contribution in [0.4, 0.5) is 0 Å². The summed E-state index contributed by atoms with van der Waals surface area (Å²) in [4.78, 5) is 23.1. The van der Waals surface area contributed by atoms with E-state index < -0.39 is 22.8 Å². The summed E-state index contributed by atoms with van der Waals surface area (Å²) in [7, 11) is 0. The van der Waals surface area contributed by atoms with Crippen molar-refractivity contribution in [3.63, 3.8) is 0 Å². The molecule has 1 fully saturated rings. The minimum absolute atomic E-state index is 0.471. The van der Waals surface area contributed by atoms with Crippen molar-refractivity contribution in [2.24, 2.45) is 10.8 Å². The zero-order chi connectivity index (χ0) is 13.1. The van der Waals surface area contributed by atoms with E-state index in [1.165, 1.54) is 0 Å². The van der Waals surface area contributed by atoms with Crippen LogP contribution in [0.1, 0.15) is 58.8 Å². The highest BCUT2D eigenvalue weighted by molar-refractivity contribution is 5.86. The van der Waals surface area contributed by atoms with Gasteiger partial charge in [0, 0.05) is 0 Å². The Morgan fingerprint density at radius 1 is 1.12 bits per heavy atom. The first-order valence-corrected chi connectivity index (χ1v) is 6.37. The molecule has 0 spiro atoms. The molecular weight excluding hydrogens is 220 g/mol. The summed E-state index contributed by atoms with van der Waals surface area (Å²) in [5, 5.41) is 19.0. The molecule has 2 N–H and O–H groups in total. The molecule has 2 atom stereocenters. The van der Waals surface area contributed by atoms with E-state index in [4.69, 9.17) is 0 Å². The van der Waals surface area contributed by atoms with Crippen molar-refractivity contribution in [2.45, 2.75) is 58.8 Å². The third-order valence-corrected chi connectivity index (χ3v) is 4.43. The van der Waals surface area contributed by atoms with Crippen molar-refractivity contribution in [3.8, 4) is 0 Å². The molecule has 17 heavy (non-hydrogen) atoms. The number of unbranched alkanes of at least 4 members (excludes halogenated alkanes) is 1. The summed E-state index contributed by atoms with van der Waals surface area (Å²) in [6.07, 6.45) is 4.73. The van der Waals surface area contributed by atoms with E-state index in [9.17, 15) is 19.8 Å². The average molecular weight is 242 g/mol. The molecule has 1 aliphatic rings. The van der Waals surface area contributed by atoms with Crippen LogP contribution in [-0.2, 0) is 9.59 Å². The van der Waals surface area contributed by atoms with E-state index in [2.05, 4.69) is 0 Å². The second-order valence-electron chi connectivity index (χ2n) is 5.34. The Hall–Kier alpha value is -1.06. The quantitative estimate of drug-likeness (QED) is 0.777. The van der Waals surface area contributed by atoms with Crippen LogP contribution in [0.3, 0.4) is 0 Å². The summed E-state index contributed by atoms with van der Waals surface area (Å²) in [5.74, 6) is -1.90. The minimum Gasteiger partial charge on any atom is -0.481 e. The highest BCUT2D eigenvalue weighted by Gasteiger charge is 2.58. The molecule has 0 aromatic rings. The van der Waals surface area contributed by atoms with Gasteiger partial charge in [-0.2, -0.15) is 0 Å².